The van der Waals surface area contributed by atoms with Gasteiger partial charge in [-0.15, -0.1) is 0 Å². The molecule has 0 heterocycles. The van der Waals surface area contributed by atoms with Gasteiger partial charge in [0.25, 0.3) is 0 Å². The summed E-state index contributed by atoms with van der Waals surface area (Å²) in [5.74, 6) is 0. The Labute approximate surface area is 98.1 Å². The third-order valence-corrected chi connectivity index (χ3v) is 12.0. The van der Waals surface area contributed by atoms with Crippen molar-refractivity contribution in [1.82, 2.24) is 0 Å². The summed E-state index contributed by atoms with van der Waals surface area (Å²) in [6, 6.07) is 0. The zero-order valence-corrected chi connectivity index (χ0v) is 12.7. The van der Waals surface area contributed by atoms with Gasteiger partial charge in [0.2, 0.25) is 0 Å². The summed E-state index contributed by atoms with van der Waals surface area (Å²) in [6.07, 6.45) is 11.8. The molecule has 2 fully saturated rings. The van der Waals surface area contributed by atoms with E-state index in [0.29, 0.717) is 0 Å². The SMILES string of the molecule is C[SiH](O[SiH](C)C1CCCC1)C1CCCC1. The van der Waals surface area contributed by atoms with Crippen molar-refractivity contribution in [2.75, 3.05) is 0 Å². The maximum absolute atomic E-state index is 6.50. The van der Waals surface area contributed by atoms with Crippen LogP contribution in [0.25, 0.3) is 0 Å². The van der Waals surface area contributed by atoms with Crippen molar-refractivity contribution in [3.8, 4) is 0 Å². The van der Waals surface area contributed by atoms with Crippen LogP contribution in [0.3, 0.4) is 0 Å². The molecule has 0 aliphatic heterocycles. The lowest BCUT2D eigenvalue weighted by atomic mass is 10.4. The van der Waals surface area contributed by atoms with E-state index in [-0.39, 0.29) is 0 Å². The van der Waals surface area contributed by atoms with Gasteiger partial charge in [-0.25, -0.2) is 0 Å². The predicted molar refractivity (Wildman–Crippen MR) is 71.5 cm³/mol. The Bertz CT molecular complexity index is 166. The van der Waals surface area contributed by atoms with Crippen molar-refractivity contribution in [2.45, 2.75) is 75.5 Å². The monoisotopic (exact) mass is 242 g/mol. The molecule has 1 nitrogen and oxygen atoms in total. The van der Waals surface area contributed by atoms with Gasteiger partial charge in [-0.2, -0.15) is 0 Å². The zero-order chi connectivity index (χ0) is 10.7. The van der Waals surface area contributed by atoms with Crippen molar-refractivity contribution >= 4 is 18.1 Å². The second-order valence-electron chi connectivity index (χ2n) is 5.64. The molecular formula is C12H26OSi2. The van der Waals surface area contributed by atoms with Crippen molar-refractivity contribution in [2.24, 2.45) is 0 Å². The highest BCUT2D eigenvalue weighted by molar-refractivity contribution is 6.66. The van der Waals surface area contributed by atoms with Crippen LogP contribution in [-0.2, 0) is 4.12 Å². The van der Waals surface area contributed by atoms with Crippen LogP contribution in [0, 0.1) is 0 Å². The predicted octanol–water partition coefficient (Wildman–Crippen LogP) is 3.60. The van der Waals surface area contributed by atoms with E-state index in [0.717, 1.165) is 11.1 Å². The lowest BCUT2D eigenvalue weighted by molar-refractivity contribution is 0.540. The van der Waals surface area contributed by atoms with Crippen LogP contribution in [-0.4, -0.2) is 18.1 Å². The molecule has 0 spiro atoms. The van der Waals surface area contributed by atoms with Crippen molar-refractivity contribution in [3.63, 3.8) is 0 Å². The Kier molecular flexibility index (Phi) is 4.46. The van der Waals surface area contributed by atoms with Crippen molar-refractivity contribution in [1.29, 1.82) is 0 Å². The van der Waals surface area contributed by atoms with Gasteiger partial charge >= 0.3 is 0 Å². The summed E-state index contributed by atoms with van der Waals surface area (Å²) in [4.78, 5) is 0. The smallest absolute Gasteiger partial charge is 0.162 e. The number of hydrogen-bond donors (Lipinski definition) is 0. The quantitative estimate of drug-likeness (QED) is 0.685. The van der Waals surface area contributed by atoms with E-state index in [1.807, 2.05) is 0 Å². The molecule has 88 valence electrons. The maximum Gasteiger partial charge on any atom is 0.162 e. The van der Waals surface area contributed by atoms with Crippen LogP contribution in [0.2, 0.25) is 24.2 Å². The molecule has 0 aromatic carbocycles. The zero-order valence-electron chi connectivity index (χ0n) is 10.4. The fourth-order valence-electron chi connectivity index (χ4n) is 3.41. The van der Waals surface area contributed by atoms with E-state index < -0.39 is 18.1 Å². The van der Waals surface area contributed by atoms with E-state index in [1.165, 1.54) is 51.4 Å². The van der Waals surface area contributed by atoms with Gasteiger partial charge in [-0.3, -0.25) is 0 Å². The summed E-state index contributed by atoms with van der Waals surface area (Å²) in [5, 5.41) is 0. The molecule has 0 bridgehead atoms. The normalized spacial score (nSPS) is 28.4. The molecule has 2 unspecified atom stereocenters. The summed E-state index contributed by atoms with van der Waals surface area (Å²) >= 11 is 0. The van der Waals surface area contributed by atoms with E-state index in [2.05, 4.69) is 13.1 Å². The molecule has 2 aliphatic rings. The maximum atomic E-state index is 6.50. The third kappa shape index (κ3) is 3.17. The van der Waals surface area contributed by atoms with Crippen LogP contribution in [0.1, 0.15) is 51.4 Å². The van der Waals surface area contributed by atoms with Gasteiger partial charge in [0, 0.05) is 0 Å². The van der Waals surface area contributed by atoms with E-state index in [4.69, 9.17) is 4.12 Å². The summed E-state index contributed by atoms with van der Waals surface area (Å²) in [7, 11) is -1.61. The third-order valence-electron chi connectivity index (χ3n) is 4.56. The molecule has 2 rings (SSSR count). The first-order chi connectivity index (χ1) is 7.27. The second kappa shape index (κ2) is 5.64. The molecule has 3 heteroatoms. The van der Waals surface area contributed by atoms with Gasteiger partial charge in [0.15, 0.2) is 18.1 Å². The minimum Gasteiger partial charge on any atom is -0.460 e. The van der Waals surface area contributed by atoms with E-state index in [1.54, 1.807) is 0 Å². The summed E-state index contributed by atoms with van der Waals surface area (Å²) < 4.78 is 6.50. The fourth-order valence-corrected chi connectivity index (χ4v) is 10.7. The fraction of sp³-hybridized carbons (Fsp3) is 1.00. The highest BCUT2D eigenvalue weighted by Gasteiger charge is 2.29. The van der Waals surface area contributed by atoms with Crippen LogP contribution >= 0.6 is 0 Å². The molecule has 0 amide bonds. The van der Waals surface area contributed by atoms with E-state index >= 15 is 0 Å². The van der Waals surface area contributed by atoms with E-state index in [9.17, 15) is 0 Å². The van der Waals surface area contributed by atoms with Gasteiger partial charge in [0.05, 0.1) is 0 Å². The Balaban J connectivity index is 1.74. The molecule has 0 aromatic heterocycles. The first-order valence-corrected chi connectivity index (χ1v) is 11.5. The molecule has 15 heavy (non-hydrogen) atoms. The summed E-state index contributed by atoms with van der Waals surface area (Å²) in [6.45, 7) is 4.93. The minimum atomic E-state index is -0.807. The van der Waals surface area contributed by atoms with Gasteiger partial charge in [-0.1, -0.05) is 51.4 Å². The largest absolute Gasteiger partial charge is 0.460 e. The minimum absolute atomic E-state index is 0.807. The molecule has 0 aromatic rings. The van der Waals surface area contributed by atoms with Gasteiger partial charge in [0.1, 0.15) is 0 Å². The number of rotatable bonds is 4. The van der Waals surface area contributed by atoms with Crippen LogP contribution < -0.4 is 0 Å². The highest BCUT2D eigenvalue weighted by atomic mass is 28.4. The second-order valence-corrected chi connectivity index (χ2v) is 11.4. The van der Waals surface area contributed by atoms with Crippen molar-refractivity contribution < 1.29 is 4.12 Å². The molecule has 2 atom stereocenters. The first kappa shape index (κ1) is 11.9. The highest BCUT2D eigenvalue weighted by Crippen LogP contribution is 2.36. The Morgan fingerprint density at radius 1 is 0.733 bits per heavy atom. The topological polar surface area (TPSA) is 9.23 Å². The standard InChI is InChI=1S/C12H26OSi2/c1-14(11-7-3-4-8-11)13-15(2)12-9-5-6-10-12/h11-12,14-15H,3-10H2,1-2H3. The Morgan fingerprint density at radius 2 is 1.07 bits per heavy atom. The van der Waals surface area contributed by atoms with Gasteiger partial charge in [-0.05, 0) is 24.2 Å². The molecule has 0 saturated heterocycles. The first-order valence-electron chi connectivity index (χ1n) is 6.93. The average molecular weight is 243 g/mol. The molecular weight excluding hydrogens is 216 g/mol. The number of hydrogen-bond acceptors (Lipinski definition) is 1. The molecule has 0 radical (unpaired) electrons. The summed E-state index contributed by atoms with van der Waals surface area (Å²) in [5.41, 5.74) is 2.06. The Hall–Kier alpha value is 0.394. The average Bonchev–Trinajstić information content (AvgIpc) is 2.91. The lowest BCUT2D eigenvalue weighted by Crippen LogP contribution is -2.30. The van der Waals surface area contributed by atoms with Crippen LogP contribution in [0.5, 0.6) is 0 Å². The van der Waals surface area contributed by atoms with Gasteiger partial charge < -0.3 is 4.12 Å². The molecule has 0 N–H and O–H groups in total. The van der Waals surface area contributed by atoms with Crippen molar-refractivity contribution in [3.05, 3.63) is 0 Å². The molecule has 2 saturated carbocycles. The molecule has 2 aliphatic carbocycles. The lowest BCUT2D eigenvalue weighted by Gasteiger charge is -2.25. The van der Waals surface area contributed by atoms with Crippen LogP contribution in [0.15, 0.2) is 0 Å². The Morgan fingerprint density at radius 3 is 1.40 bits per heavy atom. The van der Waals surface area contributed by atoms with Crippen LogP contribution in [0.4, 0.5) is 0 Å².